The summed E-state index contributed by atoms with van der Waals surface area (Å²) in [5.74, 6) is -0.429. The van der Waals surface area contributed by atoms with Crippen molar-refractivity contribution in [3.8, 4) is 0 Å². The molecule has 0 spiro atoms. The predicted octanol–water partition coefficient (Wildman–Crippen LogP) is 1.11. The summed E-state index contributed by atoms with van der Waals surface area (Å²) in [6, 6.07) is 3.97. The largest absolute Gasteiger partial charge is 0.390 e. The quantitative estimate of drug-likeness (QED) is 0.880. The molecule has 1 aliphatic heterocycles. The Balaban J connectivity index is 1.71. The van der Waals surface area contributed by atoms with Gasteiger partial charge in [-0.25, -0.2) is 9.07 Å². The van der Waals surface area contributed by atoms with Crippen molar-refractivity contribution in [3.63, 3.8) is 0 Å². The minimum absolute atomic E-state index is 0.157. The van der Waals surface area contributed by atoms with E-state index in [1.807, 2.05) is 4.90 Å². The van der Waals surface area contributed by atoms with Crippen molar-refractivity contribution in [2.45, 2.75) is 25.8 Å². The fraction of sp³-hybridized carbons (Fsp3) is 0.429. The summed E-state index contributed by atoms with van der Waals surface area (Å²) in [7, 11) is 0. The number of β-amino-alcohol motifs (C(OH)–C–C–N with tert-alkyl or cyclic N) is 1. The smallest absolute Gasteiger partial charge is 0.124 e. The van der Waals surface area contributed by atoms with Gasteiger partial charge in [-0.2, -0.15) is 0 Å². The minimum atomic E-state index is -0.812. The van der Waals surface area contributed by atoms with Gasteiger partial charge in [0.25, 0.3) is 0 Å². The third-order valence-corrected chi connectivity index (χ3v) is 4.15. The lowest BCUT2D eigenvalue weighted by molar-refractivity contribution is 0.0949. The fourth-order valence-corrected chi connectivity index (χ4v) is 2.93. The predicted molar refractivity (Wildman–Crippen MR) is 77.6 cm³/mol. The first kappa shape index (κ1) is 15.4. The van der Waals surface area contributed by atoms with Gasteiger partial charge in [-0.05, 0) is 12.1 Å². The van der Waals surface area contributed by atoms with E-state index in [0.717, 1.165) is 5.69 Å². The van der Waals surface area contributed by atoms with Gasteiger partial charge in [-0.15, -0.1) is 5.10 Å². The fourth-order valence-electron chi connectivity index (χ4n) is 2.64. The average molecular weight is 327 g/mol. The van der Waals surface area contributed by atoms with E-state index < -0.39 is 11.9 Å². The van der Waals surface area contributed by atoms with Crippen LogP contribution in [0, 0.1) is 5.82 Å². The van der Waals surface area contributed by atoms with Crippen LogP contribution in [0.25, 0.3) is 0 Å². The topological polar surface area (TPSA) is 74.4 Å². The number of benzene rings is 1. The first-order chi connectivity index (χ1) is 10.6. The molecular weight excluding hydrogens is 311 g/mol. The summed E-state index contributed by atoms with van der Waals surface area (Å²) in [4.78, 5) is 2.03. The molecule has 1 aromatic carbocycles. The van der Waals surface area contributed by atoms with Crippen LogP contribution in [0.15, 0.2) is 18.2 Å². The Morgan fingerprint density at radius 3 is 2.91 bits per heavy atom. The van der Waals surface area contributed by atoms with Crippen molar-refractivity contribution in [3.05, 3.63) is 46.0 Å². The molecule has 0 fully saturated rings. The number of aromatic nitrogens is 3. The number of fused-ring (bicyclic) bond motifs is 1. The molecule has 1 atom stereocenters. The highest BCUT2D eigenvalue weighted by Crippen LogP contribution is 2.26. The summed E-state index contributed by atoms with van der Waals surface area (Å²) in [6.45, 7) is 2.10. The maximum Gasteiger partial charge on any atom is 0.124 e. The van der Waals surface area contributed by atoms with E-state index in [0.29, 0.717) is 37.4 Å². The second-order valence-electron chi connectivity index (χ2n) is 5.28. The second kappa shape index (κ2) is 6.29. The zero-order chi connectivity index (χ0) is 15.7. The van der Waals surface area contributed by atoms with E-state index in [-0.39, 0.29) is 11.6 Å². The molecule has 8 heteroatoms. The van der Waals surface area contributed by atoms with Crippen molar-refractivity contribution in [1.82, 2.24) is 19.9 Å². The van der Waals surface area contributed by atoms with Gasteiger partial charge in [0.2, 0.25) is 0 Å². The number of rotatable bonds is 4. The van der Waals surface area contributed by atoms with Crippen LogP contribution in [0.3, 0.4) is 0 Å². The molecule has 0 amide bonds. The lowest BCUT2D eigenvalue weighted by atomic mass is 10.1. The van der Waals surface area contributed by atoms with Crippen molar-refractivity contribution in [2.24, 2.45) is 0 Å². The molecule has 0 aliphatic carbocycles. The van der Waals surface area contributed by atoms with Crippen molar-refractivity contribution in [2.75, 3.05) is 13.1 Å². The molecule has 0 saturated carbocycles. The maximum absolute atomic E-state index is 13.1. The molecule has 0 bridgehead atoms. The molecule has 1 aliphatic rings. The van der Waals surface area contributed by atoms with Gasteiger partial charge in [0, 0.05) is 30.2 Å². The van der Waals surface area contributed by atoms with Crippen LogP contribution >= 0.6 is 11.6 Å². The third kappa shape index (κ3) is 2.98. The number of nitrogens with zero attached hydrogens (tertiary/aromatic N) is 4. The molecular formula is C14H16ClFN4O2. The molecule has 2 aromatic rings. The highest BCUT2D eigenvalue weighted by atomic mass is 35.5. The second-order valence-corrected chi connectivity index (χ2v) is 5.69. The van der Waals surface area contributed by atoms with E-state index in [2.05, 4.69) is 10.3 Å². The normalized spacial score (nSPS) is 16.5. The molecule has 1 unspecified atom stereocenters. The van der Waals surface area contributed by atoms with Crippen LogP contribution in [-0.4, -0.2) is 43.2 Å². The van der Waals surface area contributed by atoms with Crippen LogP contribution in [-0.2, 0) is 19.7 Å². The standard InChI is InChI=1S/C14H16ClFN4O2/c15-11-5-9(16)1-2-10(11)14(22)7-19-3-4-20-13(6-19)12(8-21)17-18-20/h1-2,5,14,21-22H,3-4,6-8H2. The highest BCUT2D eigenvalue weighted by molar-refractivity contribution is 6.31. The monoisotopic (exact) mass is 326 g/mol. The molecule has 0 radical (unpaired) electrons. The molecule has 6 nitrogen and oxygen atoms in total. The van der Waals surface area contributed by atoms with Crippen molar-refractivity contribution >= 4 is 11.6 Å². The third-order valence-electron chi connectivity index (χ3n) is 3.82. The Morgan fingerprint density at radius 2 is 2.18 bits per heavy atom. The zero-order valence-electron chi connectivity index (χ0n) is 11.8. The lowest BCUT2D eigenvalue weighted by Gasteiger charge is -2.29. The number of aliphatic hydroxyl groups is 2. The van der Waals surface area contributed by atoms with Crippen LogP contribution in [0.2, 0.25) is 5.02 Å². The molecule has 22 heavy (non-hydrogen) atoms. The molecule has 2 heterocycles. The molecule has 118 valence electrons. The van der Waals surface area contributed by atoms with Crippen LogP contribution < -0.4 is 0 Å². The van der Waals surface area contributed by atoms with Gasteiger partial charge in [-0.1, -0.05) is 22.9 Å². The van der Waals surface area contributed by atoms with E-state index in [1.54, 1.807) is 4.68 Å². The van der Waals surface area contributed by atoms with Gasteiger partial charge in [0.1, 0.15) is 11.5 Å². The molecule has 2 N–H and O–H groups in total. The van der Waals surface area contributed by atoms with Gasteiger partial charge < -0.3 is 10.2 Å². The molecule has 0 saturated heterocycles. The number of hydrogen-bond acceptors (Lipinski definition) is 5. The number of aliphatic hydroxyl groups excluding tert-OH is 2. The Labute approximate surface area is 131 Å². The molecule has 3 rings (SSSR count). The summed E-state index contributed by atoms with van der Waals surface area (Å²) in [6.07, 6.45) is -0.812. The van der Waals surface area contributed by atoms with Gasteiger partial charge in [0.15, 0.2) is 0 Å². The molecule has 1 aromatic heterocycles. The average Bonchev–Trinajstić information content (AvgIpc) is 2.89. The Morgan fingerprint density at radius 1 is 1.36 bits per heavy atom. The maximum atomic E-state index is 13.1. The zero-order valence-corrected chi connectivity index (χ0v) is 12.5. The van der Waals surface area contributed by atoms with Crippen LogP contribution in [0.4, 0.5) is 4.39 Å². The minimum Gasteiger partial charge on any atom is -0.390 e. The first-order valence-corrected chi connectivity index (χ1v) is 7.33. The summed E-state index contributed by atoms with van der Waals surface area (Å²) in [5, 5.41) is 27.7. The van der Waals surface area contributed by atoms with Gasteiger partial charge >= 0.3 is 0 Å². The Kier molecular flexibility index (Phi) is 4.39. The van der Waals surface area contributed by atoms with E-state index >= 15 is 0 Å². The van der Waals surface area contributed by atoms with Crippen LogP contribution in [0.1, 0.15) is 23.1 Å². The summed E-state index contributed by atoms with van der Waals surface area (Å²) < 4.78 is 14.8. The summed E-state index contributed by atoms with van der Waals surface area (Å²) in [5.41, 5.74) is 1.91. The van der Waals surface area contributed by atoms with Crippen molar-refractivity contribution < 1.29 is 14.6 Å². The number of halogens is 2. The van der Waals surface area contributed by atoms with Gasteiger partial charge in [-0.3, -0.25) is 4.90 Å². The van der Waals surface area contributed by atoms with Gasteiger partial charge in [0.05, 0.1) is 24.9 Å². The van der Waals surface area contributed by atoms with E-state index in [4.69, 9.17) is 11.6 Å². The first-order valence-electron chi connectivity index (χ1n) is 6.96. The summed E-state index contributed by atoms with van der Waals surface area (Å²) >= 11 is 5.98. The SMILES string of the molecule is OCc1nnn2c1CN(CC(O)c1ccc(F)cc1Cl)CC2. The highest BCUT2D eigenvalue weighted by Gasteiger charge is 2.24. The van der Waals surface area contributed by atoms with Crippen molar-refractivity contribution in [1.29, 1.82) is 0 Å². The number of hydrogen-bond donors (Lipinski definition) is 2. The van der Waals surface area contributed by atoms with E-state index in [1.165, 1.54) is 18.2 Å². The Hall–Kier alpha value is -1.54. The Bertz CT molecular complexity index is 665. The van der Waals surface area contributed by atoms with E-state index in [9.17, 15) is 14.6 Å². The van der Waals surface area contributed by atoms with Crippen LogP contribution in [0.5, 0.6) is 0 Å². The lowest BCUT2D eigenvalue weighted by Crippen LogP contribution is -2.37.